The highest BCUT2D eigenvalue weighted by molar-refractivity contribution is 5.92. The quantitative estimate of drug-likeness (QED) is 0.137. The number of rotatable bonds is 20. The molecule has 0 bridgehead atoms. The average molecular weight is 626 g/mol. The molecule has 1 aromatic heterocycles. The van der Waals surface area contributed by atoms with E-state index in [9.17, 15) is 4.79 Å². The molecule has 0 fully saturated rings. The Morgan fingerprint density at radius 1 is 0.732 bits per heavy atom. The Kier molecular flexibility index (Phi) is 17.5. The van der Waals surface area contributed by atoms with Crippen LogP contribution in [0.4, 0.5) is 5.69 Å². The Morgan fingerprint density at radius 3 is 1.93 bits per heavy atom. The highest BCUT2D eigenvalue weighted by Crippen LogP contribution is 2.29. The second-order valence-electron chi connectivity index (χ2n) is 10.7. The number of nitrogens with one attached hydrogen (secondary N) is 1. The van der Waals surface area contributed by atoms with Crippen LogP contribution in [0.3, 0.4) is 0 Å². The first-order chi connectivity index (χ1) is 19.7. The van der Waals surface area contributed by atoms with Gasteiger partial charge >= 0.3 is 0 Å². The number of benzene rings is 2. The lowest BCUT2D eigenvalue weighted by Gasteiger charge is -2.13. The molecular formula is C35H49BrN2O3. The summed E-state index contributed by atoms with van der Waals surface area (Å²) in [7, 11) is 1.65. The second kappa shape index (κ2) is 20.9. The number of nitrogens with zero attached hydrogens (tertiary/aromatic N) is 1. The topological polar surface area (TPSA) is 51.4 Å². The van der Waals surface area contributed by atoms with Crippen molar-refractivity contribution in [1.82, 2.24) is 0 Å². The highest BCUT2D eigenvalue weighted by Gasteiger charge is 2.10. The molecule has 41 heavy (non-hydrogen) atoms. The van der Waals surface area contributed by atoms with Crippen molar-refractivity contribution in [3.8, 4) is 11.5 Å². The highest BCUT2D eigenvalue weighted by atomic mass is 79.9. The van der Waals surface area contributed by atoms with Crippen LogP contribution in [0, 0.1) is 0 Å². The summed E-state index contributed by atoms with van der Waals surface area (Å²) in [5.41, 5.74) is 2.88. The third kappa shape index (κ3) is 14.0. The molecule has 1 N–H and O–H groups in total. The predicted octanol–water partition coefficient (Wildman–Crippen LogP) is 5.30. The third-order valence-corrected chi connectivity index (χ3v) is 7.23. The molecule has 0 saturated heterocycles. The van der Waals surface area contributed by atoms with Gasteiger partial charge < -0.3 is 31.8 Å². The summed E-state index contributed by atoms with van der Waals surface area (Å²) in [6.07, 6.45) is 20.2. The lowest BCUT2D eigenvalue weighted by Crippen LogP contribution is -3.00. The van der Waals surface area contributed by atoms with Crippen molar-refractivity contribution in [3.63, 3.8) is 0 Å². The molecule has 6 heteroatoms. The number of carbonyl (C=O) groups is 1. The first kappa shape index (κ1) is 34.3. The Morgan fingerprint density at radius 2 is 1.32 bits per heavy atom. The van der Waals surface area contributed by atoms with Crippen LogP contribution in [-0.4, -0.2) is 19.6 Å². The number of amides is 1. The monoisotopic (exact) mass is 624 g/mol. The van der Waals surface area contributed by atoms with Crippen LogP contribution in [-0.2, 0) is 17.8 Å². The van der Waals surface area contributed by atoms with E-state index in [1.165, 1.54) is 76.2 Å². The van der Waals surface area contributed by atoms with Crippen molar-refractivity contribution in [2.24, 2.45) is 0 Å². The van der Waals surface area contributed by atoms with E-state index in [1.54, 1.807) is 7.11 Å². The van der Waals surface area contributed by atoms with Crippen molar-refractivity contribution in [2.45, 2.75) is 96.9 Å². The molecule has 0 radical (unpaired) electrons. The molecular weight excluding hydrogens is 576 g/mol. The number of hydrogen-bond acceptors (Lipinski definition) is 3. The molecule has 0 aliphatic carbocycles. The molecule has 5 nitrogen and oxygen atoms in total. The summed E-state index contributed by atoms with van der Waals surface area (Å²) in [6.45, 7) is 3.73. The second-order valence-corrected chi connectivity index (χ2v) is 10.7. The van der Waals surface area contributed by atoms with Gasteiger partial charge in [-0.25, -0.2) is 4.57 Å². The molecule has 224 valence electrons. The third-order valence-electron chi connectivity index (χ3n) is 7.23. The van der Waals surface area contributed by atoms with Crippen LogP contribution in [0.5, 0.6) is 11.5 Å². The van der Waals surface area contributed by atoms with Crippen molar-refractivity contribution < 1.29 is 35.8 Å². The van der Waals surface area contributed by atoms with E-state index in [0.717, 1.165) is 24.2 Å². The Balaban J connectivity index is 0.00000588. The number of ether oxygens (including phenoxy) is 2. The summed E-state index contributed by atoms with van der Waals surface area (Å²) in [4.78, 5) is 12.7. The lowest BCUT2D eigenvalue weighted by atomic mass is 10.1. The Bertz CT molecular complexity index is 1110. The molecule has 3 rings (SSSR count). The summed E-state index contributed by atoms with van der Waals surface area (Å²) in [5, 5.41) is 3.01. The minimum absolute atomic E-state index is 0. The van der Waals surface area contributed by atoms with Crippen molar-refractivity contribution in [3.05, 3.63) is 84.2 Å². The van der Waals surface area contributed by atoms with Gasteiger partial charge in [0.15, 0.2) is 30.4 Å². The zero-order valence-electron chi connectivity index (χ0n) is 25.1. The molecule has 1 heterocycles. The molecule has 0 aliphatic heterocycles. The molecule has 0 spiro atoms. The standard InChI is InChI=1S/C35H48N2O3.BrH/c1-3-4-5-6-7-8-9-10-11-12-13-17-26-40-34-27-31(20-23-33(34)39-2)28-35(38)36-32-21-18-30(19-22-32)29-37-24-15-14-16-25-37;/h14-16,18-25,27H,3-13,17,26,28-29H2,1-2H3;1H. The molecule has 3 aromatic rings. The number of pyridine rings is 1. The van der Waals surface area contributed by atoms with Crippen LogP contribution < -0.4 is 36.3 Å². The van der Waals surface area contributed by atoms with Gasteiger partial charge in [0.2, 0.25) is 5.91 Å². The van der Waals surface area contributed by atoms with Gasteiger partial charge in [-0.1, -0.05) is 102 Å². The van der Waals surface area contributed by atoms with E-state index in [2.05, 4.69) is 16.8 Å². The van der Waals surface area contributed by atoms with Gasteiger partial charge in [0.05, 0.1) is 20.1 Å². The molecule has 0 aliphatic rings. The SMILES string of the molecule is CCCCCCCCCCCCCCOc1cc(CC(=O)Nc2ccc(C[n+]3ccccc3)cc2)ccc1OC.[Br-]. The van der Waals surface area contributed by atoms with Crippen LogP contribution in [0.2, 0.25) is 0 Å². The average Bonchev–Trinajstić information content (AvgIpc) is 2.97. The smallest absolute Gasteiger partial charge is 0.228 e. The van der Waals surface area contributed by atoms with Gasteiger partial charge in [-0.3, -0.25) is 4.79 Å². The van der Waals surface area contributed by atoms with Gasteiger partial charge in [-0.15, -0.1) is 0 Å². The summed E-state index contributed by atoms with van der Waals surface area (Å²) >= 11 is 0. The van der Waals surface area contributed by atoms with E-state index in [-0.39, 0.29) is 29.3 Å². The van der Waals surface area contributed by atoms with Crippen LogP contribution in [0.25, 0.3) is 0 Å². The molecule has 0 unspecified atom stereocenters. The first-order valence-electron chi connectivity index (χ1n) is 15.3. The zero-order valence-corrected chi connectivity index (χ0v) is 26.7. The maximum absolute atomic E-state index is 12.7. The van der Waals surface area contributed by atoms with E-state index in [4.69, 9.17) is 9.47 Å². The van der Waals surface area contributed by atoms with Crippen molar-refractivity contribution >= 4 is 11.6 Å². The van der Waals surface area contributed by atoms with Crippen molar-refractivity contribution in [1.29, 1.82) is 0 Å². The number of unbranched alkanes of at least 4 members (excludes halogenated alkanes) is 11. The molecule has 0 saturated carbocycles. The summed E-state index contributed by atoms with van der Waals surface area (Å²) in [5.74, 6) is 1.36. The van der Waals surface area contributed by atoms with Crippen LogP contribution in [0.15, 0.2) is 73.1 Å². The van der Waals surface area contributed by atoms with Crippen LogP contribution >= 0.6 is 0 Å². The minimum Gasteiger partial charge on any atom is -1.00 e. The molecule has 0 atom stereocenters. The maximum Gasteiger partial charge on any atom is 0.228 e. The summed E-state index contributed by atoms with van der Waals surface area (Å²) in [6, 6.07) is 19.8. The number of carbonyl (C=O) groups excluding carboxylic acids is 1. The molecule has 2 aromatic carbocycles. The fraction of sp³-hybridized carbons (Fsp3) is 0.486. The number of aromatic nitrogens is 1. The number of methoxy groups -OCH3 is 1. The Hall–Kier alpha value is -2.86. The predicted molar refractivity (Wildman–Crippen MR) is 164 cm³/mol. The van der Waals surface area contributed by atoms with Gasteiger partial charge in [-0.05, 0) is 36.2 Å². The normalized spacial score (nSPS) is 10.6. The fourth-order valence-corrected chi connectivity index (χ4v) is 4.90. The van der Waals surface area contributed by atoms with Gasteiger partial charge in [0.1, 0.15) is 0 Å². The van der Waals surface area contributed by atoms with Gasteiger partial charge in [0.25, 0.3) is 0 Å². The van der Waals surface area contributed by atoms with E-state index >= 15 is 0 Å². The largest absolute Gasteiger partial charge is 1.00 e. The van der Waals surface area contributed by atoms with Crippen molar-refractivity contribution in [2.75, 3.05) is 19.0 Å². The minimum atomic E-state index is -0.0535. The maximum atomic E-state index is 12.7. The van der Waals surface area contributed by atoms with E-state index in [0.29, 0.717) is 18.1 Å². The number of halogens is 1. The number of hydrogen-bond donors (Lipinski definition) is 1. The summed E-state index contributed by atoms with van der Waals surface area (Å²) < 4.78 is 13.7. The zero-order chi connectivity index (χ0) is 28.3. The van der Waals surface area contributed by atoms with Gasteiger partial charge in [-0.2, -0.15) is 0 Å². The van der Waals surface area contributed by atoms with Gasteiger partial charge in [0, 0.05) is 23.4 Å². The fourth-order valence-electron chi connectivity index (χ4n) is 4.90. The van der Waals surface area contributed by atoms with E-state index in [1.807, 2.05) is 73.1 Å². The number of anilines is 1. The Labute approximate surface area is 258 Å². The molecule has 1 amide bonds. The lowest BCUT2D eigenvalue weighted by molar-refractivity contribution is -0.688. The van der Waals surface area contributed by atoms with E-state index < -0.39 is 0 Å². The van der Waals surface area contributed by atoms with Crippen LogP contribution in [0.1, 0.15) is 95.1 Å². The first-order valence-corrected chi connectivity index (χ1v) is 15.3.